The molecule has 4 N–H and O–H groups in total. The number of rotatable bonds is 8. The van der Waals surface area contributed by atoms with Gasteiger partial charge in [-0.15, -0.1) is 0 Å². The maximum Gasteiger partial charge on any atom is 0.347 e. The molecule has 2 aromatic carbocycles. The highest BCUT2D eigenvalue weighted by atomic mass is 35.5. The minimum Gasteiger partial charge on any atom is -0.459 e. The molecule has 0 radical (unpaired) electrons. The van der Waals surface area contributed by atoms with Crippen LogP contribution < -0.4 is 10.6 Å². The first-order valence-electron chi connectivity index (χ1n) is 15.9. The van der Waals surface area contributed by atoms with E-state index in [1.165, 1.54) is 12.2 Å². The predicted molar refractivity (Wildman–Crippen MR) is 178 cm³/mol. The van der Waals surface area contributed by atoms with Crippen molar-refractivity contribution in [2.24, 2.45) is 17.3 Å². The largest absolute Gasteiger partial charge is 0.459 e. The van der Waals surface area contributed by atoms with Crippen molar-refractivity contribution in [3.63, 3.8) is 0 Å². The number of halogens is 1. The van der Waals surface area contributed by atoms with Crippen LogP contribution in [0.15, 0.2) is 60.7 Å². The Labute approximate surface area is 281 Å². The molecule has 256 valence electrons. The first kappa shape index (κ1) is 37.7. The van der Waals surface area contributed by atoms with Crippen LogP contribution in [0.4, 0.5) is 0 Å². The number of ether oxygens (including phenoxy) is 2. The Hall–Kier alpha value is -3.73. The molecule has 11 heteroatoms. The average Bonchev–Trinajstić information content (AvgIpc) is 3.02. The fourth-order valence-corrected chi connectivity index (χ4v) is 5.30. The molecule has 1 aliphatic rings. The lowest BCUT2D eigenvalue weighted by molar-refractivity contribution is -0.181. The standard InChI is InChI=1S/C36H47ClN2O8/c1-21(2)17-29-34(44)46-28(23(4)31(41)32(42)25-11-8-7-9-12-25)13-10-14-30(40)39-27(19-24-16-15-22(3)26(37)18-24)33(43)38-20-36(5,6)35(45)47-29/h7-12,14-16,18,21,23,27-29,31-32,41-42H,13,17,19-20H2,1-6H3,(H,38,43)(H,39,40)/b14-10+. The van der Waals surface area contributed by atoms with E-state index in [0.717, 1.165) is 11.1 Å². The van der Waals surface area contributed by atoms with Crippen LogP contribution in [0.2, 0.25) is 5.02 Å². The highest BCUT2D eigenvalue weighted by molar-refractivity contribution is 6.31. The molecule has 2 amide bonds. The number of aliphatic hydroxyl groups is 2. The zero-order valence-corrected chi connectivity index (χ0v) is 28.6. The number of aryl methyl sites for hydroxylation is 1. The molecule has 0 spiro atoms. The Morgan fingerprint density at radius 3 is 2.32 bits per heavy atom. The van der Waals surface area contributed by atoms with Gasteiger partial charge in [-0.05, 0) is 61.9 Å². The van der Waals surface area contributed by atoms with Crippen molar-refractivity contribution in [2.75, 3.05) is 6.54 Å². The van der Waals surface area contributed by atoms with E-state index < -0.39 is 65.5 Å². The first-order valence-corrected chi connectivity index (χ1v) is 16.3. The van der Waals surface area contributed by atoms with Crippen LogP contribution in [-0.2, 0) is 35.1 Å². The van der Waals surface area contributed by atoms with Gasteiger partial charge in [-0.25, -0.2) is 4.79 Å². The molecule has 0 aromatic heterocycles. The van der Waals surface area contributed by atoms with Gasteiger partial charge in [0, 0.05) is 30.3 Å². The summed E-state index contributed by atoms with van der Waals surface area (Å²) in [4.78, 5) is 53.4. The normalized spacial score (nSPS) is 23.9. The summed E-state index contributed by atoms with van der Waals surface area (Å²) in [6.07, 6.45) is -1.91. The fourth-order valence-electron chi connectivity index (χ4n) is 5.10. The van der Waals surface area contributed by atoms with Crippen LogP contribution in [-0.4, -0.2) is 64.9 Å². The topological polar surface area (TPSA) is 151 Å². The summed E-state index contributed by atoms with van der Waals surface area (Å²) in [6, 6.07) is 13.0. The molecule has 0 aliphatic carbocycles. The maximum atomic E-state index is 13.5. The van der Waals surface area contributed by atoms with Crippen molar-refractivity contribution in [1.29, 1.82) is 0 Å². The summed E-state index contributed by atoms with van der Waals surface area (Å²) in [5.74, 6) is -3.48. The molecule has 1 aliphatic heterocycles. The van der Waals surface area contributed by atoms with Gasteiger partial charge in [0.25, 0.3) is 0 Å². The number of amides is 2. The van der Waals surface area contributed by atoms with Crippen molar-refractivity contribution >= 4 is 35.4 Å². The SMILES string of the molecule is Cc1ccc(CC2NC(=O)/C=C/CC(C(C)C(O)C(O)c3ccccc3)OC(=O)C(CC(C)C)OC(=O)C(C)(C)CNC2=O)cc1Cl. The van der Waals surface area contributed by atoms with Gasteiger partial charge in [-0.2, -0.15) is 0 Å². The third kappa shape index (κ3) is 10.9. The van der Waals surface area contributed by atoms with Gasteiger partial charge in [-0.1, -0.05) is 80.9 Å². The number of carbonyl (C=O) groups is 4. The Kier molecular flexibility index (Phi) is 13.6. The number of benzene rings is 2. The molecule has 0 saturated carbocycles. The van der Waals surface area contributed by atoms with E-state index in [2.05, 4.69) is 10.6 Å². The summed E-state index contributed by atoms with van der Waals surface area (Å²) < 4.78 is 11.6. The summed E-state index contributed by atoms with van der Waals surface area (Å²) in [5, 5.41) is 28.1. The molecular weight excluding hydrogens is 624 g/mol. The van der Waals surface area contributed by atoms with Gasteiger partial charge < -0.3 is 30.3 Å². The fraction of sp³-hybridized carbons (Fsp3) is 0.500. The third-order valence-corrected chi connectivity index (χ3v) is 8.67. The van der Waals surface area contributed by atoms with Crippen LogP contribution in [0.25, 0.3) is 0 Å². The molecule has 0 bridgehead atoms. The van der Waals surface area contributed by atoms with Crippen LogP contribution in [0.5, 0.6) is 0 Å². The van der Waals surface area contributed by atoms with E-state index in [1.54, 1.807) is 57.2 Å². The molecule has 0 saturated heterocycles. The molecule has 1 heterocycles. The van der Waals surface area contributed by atoms with Gasteiger partial charge in [-0.3, -0.25) is 14.4 Å². The van der Waals surface area contributed by atoms with E-state index in [-0.39, 0.29) is 31.7 Å². The minimum absolute atomic E-state index is 0.0167. The van der Waals surface area contributed by atoms with Gasteiger partial charge in [0.1, 0.15) is 18.2 Å². The van der Waals surface area contributed by atoms with Crippen molar-refractivity contribution < 1.29 is 38.9 Å². The Morgan fingerprint density at radius 2 is 1.68 bits per heavy atom. The number of cyclic esters (lactones) is 2. The molecule has 2 aromatic rings. The Morgan fingerprint density at radius 1 is 1.00 bits per heavy atom. The second kappa shape index (κ2) is 16.9. The lowest BCUT2D eigenvalue weighted by Crippen LogP contribution is -2.51. The van der Waals surface area contributed by atoms with E-state index in [4.69, 9.17) is 21.1 Å². The van der Waals surface area contributed by atoms with Crippen molar-refractivity contribution in [3.8, 4) is 0 Å². The Balaban J connectivity index is 1.96. The van der Waals surface area contributed by atoms with Crippen molar-refractivity contribution in [3.05, 3.63) is 82.4 Å². The average molecular weight is 671 g/mol. The summed E-state index contributed by atoms with van der Waals surface area (Å²) in [5.41, 5.74) is 0.828. The van der Waals surface area contributed by atoms with Crippen LogP contribution in [0, 0.1) is 24.2 Å². The summed E-state index contributed by atoms with van der Waals surface area (Å²) in [7, 11) is 0. The molecular formula is C36H47ClN2O8. The first-order chi connectivity index (χ1) is 22.1. The van der Waals surface area contributed by atoms with E-state index >= 15 is 0 Å². The molecule has 6 atom stereocenters. The van der Waals surface area contributed by atoms with E-state index in [0.29, 0.717) is 10.6 Å². The molecule has 47 heavy (non-hydrogen) atoms. The molecule has 0 fully saturated rings. The summed E-state index contributed by atoms with van der Waals surface area (Å²) >= 11 is 6.31. The molecule has 3 rings (SSSR count). The van der Waals surface area contributed by atoms with E-state index in [9.17, 15) is 29.4 Å². The van der Waals surface area contributed by atoms with Crippen LogP contribution in [0.1, 0.15) is 70.3 Å². The monoisotopic (exact) mass is 670 g/mol. The highest BCUT2D eigenvalue weighted by Crippen LogP contribution is 2.28. The maximum absolute atomic E-state index is 13.5. The highest BCUT2D eigenvalue weighted by Gasteiger charge is 2.38. The molecule has 6 unspecified atom stereocenters. The van der Waals surface area contributed by atoms with Gasteiger partial charge in [0.05, 0.1) is 11.5 Å². The number of hydrogen-bond donors (Lipinski definition) is 4. The molecule has 10 nitrogen and oxygen atoms in total. The van der Waals surface area contributed by atoms with Gasteiger partial charge >= 0.3 is 11.9 Å². The zero-order valence-electron chi connectivity index (χ0n) is 27.9. The second-order valence-corrected chi connectivity index (χ2v) is 13.7. The van der Waals surface area contributed by atoms with Gasteiger partial charge in [0.2, 0.25) is 11.8 Å². The van der Waals surface area contributed by atoms with Crippen LogP contribution >= 0.6 is 11.6 Å². The minimum atomic E-state index is -1.34. The third-order valence-electron chi connectivity index (χ3n) is 8.26. The lowest BCUT2D eigenvalue weighted by Gasteiger charge is -2.32. The van der Waals surface area contributed by atoms with Crippen molar-refractivity contribution in [1.82, 2.24) is 10.6 Å². The number of aliphatic hydroxyl groups excluding tert-OH is 2. The van der Waals surface area contributed by atoms with Crippen molar-refractivity contribution in [2.45, 2.75) is 91.3 Å². The van der Waals surface area contributed by atoms with E-state index in [1.807, 2.05) is 32.9 Å². The number of esters is 2. The number of carbonyl (C=O) groups excluding carboxylic acids is 4. The second-order valence-electron chi connectivity index (χ2n) is 13.3. The Bertz CT molecular complexity index is 1430. The lowest BCUT2D eigenvalue weighted by atomic mass is 9.89. The zero-order chi connectivity index (χ0) is 34.9. The number of hydrogen-bond acceptors (Lipinski definition) is 8. The number of nitrogens with one attached hydrogen (secondary N) is 2. The smallest absolute Gasteiger partial charge is 0.347 e. The summed E-state index contributed by atoms with van der Waals surface area (Å²) in [6.45, 7) is 10.3. The van der Waals surface area contributed by atoms with Crippen LogP contribution in [0.3, 0.4) is 0 Å². The quantitative estimate of drug-likeness (QED) is 0.302. The predicted octanol–water partition coefficient (Wildman–Crippen LogP) is 4.38. The van der Waals surface area contributed by atoms with Gasteiger partial charge in [0.15, 0.2) is 6.10 Å².